The van der Waals surface area contributed by atoms with Gasteiger partial charge in [-0.3, -0.25) is 9.59 Å². The Morgan fingerprint density at radius 1 is 1.04 bits per heavy atom. The summed E-state index contributed by atoms with van der Waals surface area (Å²) in [5.74, 6) is -1.05. The van der Waals surface area contributed by atoms with Crippen molar-refractivity contribution in [3.63, 3.8) is 0 Å². The van der Waals surface area contributed by atoms with Crippen LogP contribution in [-0.4, -0.2) is 17.5 Å². The predicted molar refractivity (Wildman–Crippen MR) is 107 cm³/mol. The van der Waals surface area contributed by atoms with Crippen LogP contribution < -0.4 is 16.4 Å². The summed E-state index contributed by atoms with van der Waals surface area (Å²) in [6.07, 6.45) is -0.392. The largest absolute Gasteiger partial charge is 0.422 e. The molecule has 0 saturated heterocycles. The normalized spacial score (nSPS) is 11.3. The number of aryl methyl sites for hydroxylation is 1. The molecule has 28 heavy (non-hydrogen) atoms. The van der Waals surface area contributed by atoms with Gasteiger partial charge < -0.3 is 9.73 Å². The number of fused-ring (bicyclic) bond motifs is 1. The van der Waals surface area contributed by atoms with Gasteiger partial charge in [0.25, 0.3) is 0 Å². The van der Waals surface area contributed by atoms with Gasteiger partial charge in [0.05, 0.1) is 11.3 Å². The summed E-state index contributed by atoms with van der Waals surface area (Å²) in [5, 5.41) is 7.29. The van der Waals surface area contributed by atoms with Crippen LogP contribution in [0.1, 0.15) is 24.5 Å². The number of amides is 2. The Morgan fingerprint density at radius 3 is 2.50 bits per heavy atom. The van der Waals surface area contributed by atoms with Gasteiger partial charge in [-0.25, -0.2) is 10.2 Å². The summed E-state index contributed by atoms with van der Waals surface area (Å²) in [7, 11) is 0. The average Bonchev–Trinajstić information content (AvgIpc) is 2.67. The van der Waals surface area contributed by atoms with Gasteiger partial charge in [0.1, 0.15) is 12.0 Å². The van der Waals surface area contributed by atoms with Gasteiger partial charge in [-0.1, -0.05) is 35.9 Å². The third kappa shape index (κ3) is 4.70. The van der Waals surface area contributed by atoms with E-state index in [1.54, 1.807) is 37.3 Å². The van der Waals surface area contributed by atoms with E-state index in [1.165, 1.54) is 0 Å². The number of hydrazone groups is 1. The van der Waals surface area contributed by atoms with E-state index in [4.69, 9.17) is 4.42 Å². The zero-order chi connectivity index (χ0) is 20.1. The number of hydrogen-bond donors (Lipinski definition) is 2. The number of nitrogens with one attached hydrogen (secondary N) is 2. The lowest BCUT2D eigenvalue weighted by Crippen LogP contribution is -2.26. The zero-order valence-corrected chi connectivity index (χ0v) is 15.5. The summed E-state index contributed by atoms with van der Waals surface area (Å²) in [4.78, 5) is 36.0. The van der Waals surface area contributed by atoms with Gasteiger partial charge in [-0.15, -0.1) is 0 Å². The molecule has 0 atom stereocenters. The van der Waals surface area contributed by atoms with Gasteiger partial charge >= 0.3 is 5.63 Å². The molecule has 2 amide bonds. The van der Waals surface area contributed by atoms with Gasteiger partial charge in [-0.2, -0.15) is 5.10 Å². The lowest BCUT2D eigenvalue weighted by atomic mass is 10.1. The summed E-state index contributed by atoms with van der Waals surface area (Å²) in [6, 6.07) is 16.0. The second-order valence-corrected chi connectivity index (χ2v) is 6.31. The molecule has 0 aliphatic carbocycles. The molecule has 0 saturated carbocycles. The molecule has 0 unspecified atom stereocenters. The summed E-state index contributed by atoms with van der Waals surface area (Å²) in [5.41, 5.74) is 4.41. The van der Waals surface area contributed by atoms with Crippen molar-refractivity contribution in [3.8, 4) is 0 Å². The highest BCUT2D eigenvalue weighted by Crippen LogP contribution is 2.13. The van der Waals surface area contributed by atoms with Crippen LogP contribution in [0.4, 0.5) is 5.69 Å². The number of anilines is 1. The van der Waals surface area contributed by atoms with Crippen LogP contribution >= 0.6 is 0 Å². The molecular weight excluding hydrogens is 358 g/mol. The molecule has 0 bridgehead atoms. The van der Waals surface area contributed by atoms with Crippen LogP contribution in [0.3, 0.4) is 0 Å². The maximum absolute atomic E-state index is 12.1. The molecule has 2 N–H and O–H groups in total. The minimum Gasteiger partial charge on any atom is -0.422 e. The van der Waals surface area contributed by atoms with E-state index in [9.17, 15) is 14.4 Å². The van der Waals surface area contributed by atoms with Crippen molar-refractivity contribution in [2.24, 2.45) is 5.10 Å². The number of benzene rings is 2. The van der Waals surface area contributed by atoms with E-state index >= 15 is 0 Å². The van der Waals surface area contributed by atoms with Crippen LogP contribution in [0.5, 0.6) is 0 Å². The molecule has 142 valence electrons. The van der Waals surface area contributed by atoms with E-state index in [1.807, 2.05) is 31.2 Å². The van der Waals surface area contributed by atoms with E-state index < -0.39 is 23.9 Å². The van der Waals surface area contributed by atoms with Crippen molar-refractivity contribution in [2.75, 3.05) is 5.32 Å². The molecular formula is C21H19N3O4. The number of para-hydroxylation sites is 1. The van der Waals surface area contributed by atoms with E-state index in [2.05, 4.69) is 15.8 Å². The molecule has 7 nitrogen and oxygen atoms in total. The highest BCUT2D eigenvalue weighted by Gasteiger charge is 2.11. The van der Waals surface area contributed by atoms with Crippen LogP contribution in [0.15, 0.2) is 68.9 Å². The minimum absolute atomic E-state index is 0.239. The molecule has 7 heteroatoms. The third-order valence-corrected chi connectivity index (χ3v) is 4.04. The van der Waals surface area contributed by atoms with Crippen molar-refractivity contribution in [1.29, 1.82) is 0 Å². The van der Waals surface area contributed by atoms with Crippen molar-refractivity contribution in [3.05, 3.63) is 76.1 Å². The van der Waals surface area contributed by atoms with Gasteiger partial charge in [0.15, 0.2) is 0 Å². The minimum atomic E-state index is -0.589. The van der Waals surface area contributed by atoms with E-state index in [0.717, 1.165) is 10.9 Å². The zero-order valence-electron chi connectivity index (χ0n) is 15.5. The number of rotatable bonds is 5. The van der Waals surface area contributed by atoms with Crippen LogP contribution in [0, 0.1) is 6.92 Å². The lowest BCUT2D eigenvalue weighted by molar-refractivity contribution is -0.126. The second kappa shape index (κ2) is 8.30. The van der Waals surface area contributed by atoms with Crippen molar-refractivity contribution < 1.29 is 14.0 Å². The van der Waals surface area contributed by atoms with Crippen molar-refractivity contribution in [1.82, 2.24) is 5.43 Å². The average molecular weight is 377 g/mol. The maximum Gasteiger partial charge on any atom is 0.345 e. The quantitative estimate of drug-likeness (QED) is 0.309. The Hall–Kier alpha value is -3.74. The topological polar surface area (TPSA) is 101 Å². The molecule has 1 aromatic heterocycles. The molecule has 0 spiro atoms. The summed E-state index contributed by atoms with van der Waals surface area (Å²) >= 11 is 0. The molecule has 0 radical (unpaired) electrons. The number of carbonyl (C=O) groups is 2. The lowest BCUT2D eigenvalue weighted by Gasteiger charge is -2.06. The highest BCUT2D eigenvalue weighted by molar-refractivity contribution is 6.05. The molecule has 2 aromatic carbocycles. The standard InChI is InChI=1S/C21H19N3O4/c1-13-7-9-16(10-8-13)22-19(25)12-20(26)24-23-14(2)17-11-15-5-3-4-6-18(15)28-21(17)27/h3-11H,12H2,1-2H3,(H,22,25)(H,24,26)/b23-14-. The second-order valence-electron chi connectivity index (χ2n) is 6.31. The summed E-state index contributed by atoms with van der Waals surface area (Å²) in [6.45, 7) is 3.52. The highest BCUT2D eigenvalue weighted by atomic mass is 16.4. The van der Waals surface area contributed by atoms with Crippen LogP contribution in [0.2, 0.25) is 0 Å². The monoisotopic (exact) mass is 377 g/mol. The molecule has 1 heterocycles. The summed E-state index contributed by atoms with van der Waals surface area (Å²) < 4.78 is 5.25. The molecule has 0 aliphatic rings. The molecule has 0 aliphatic heterocycles. The Morgan fingerprint density at radius 2 is 1.75 bits per heavy atom. The third-order valence-electron chi connectivity index (χ3n) is 4.04. The SMILES string of the molecule is C/C(=N/NC(=O)CC(=O)Nc1ccc(C)cc1)c1cc2ccccc2oc1=O. The molecule has 0 fully saturated rings. The Kier molecular flexibility index (Phi) is 5.64. The Balaban J connectivity index is 1.63. The van der Waals surface area contributed by atoms with E-state index in [0.29, 0.717) is 11.3 Å². The first-order valence-electron chi connectivity index (χ1n) is 8.65. The van der Waals surface area contributed by atoms with Gasteiger partial charge in [0, 0.05) is 11.1 Å². The van der Waals surface area contributed by atoms with E-state index in [-0.39, 0.29) is 11.3 Å². The van der Waals surface area contributed by atoms with Gasteiger partial charge in [0.2, 0.25) is 11.8 Å². The Bertz CT molecular complexity index is 1110. The van der Waals surface area contributed by atoms with Gasteiger partial charge in [-0.05, 0) is 38.1 Å². The number of nitrogens with zero attached hydrogens (tertiary/aromatic N) is 1. The predicted octanol–water partition coefficient (Wildman–Crippen LogP) is 2.97. The maximum atomic E-state index is 12.1. The van der Waals surface area contributed by atoms with Crippen LogP contribution in [0.25, 0.3) is 11.0 Å². The van der Waals surface area contributed by atoms with Crippen LogP contribution in [-0.2, 0) is 9.59 Å². The number of carbonyl (C=O) groups excluding carboxylic acids is 2. The van der Waals surface area contributed by atoms with Crippen molar-refractivity contribution in [2.45, 2.75) is 20.3 Å². The van der Waals surface area contributed by atoms with Crippen molar-refractivity contribution >= 4 is 34.2 Å². The Labute approximate surface area is 161 Å². The fourth-order valence-electron chi connectivity index (χ4n) is 2.55. The fraction of sp³-hybridized carbons (Fsp3) is 0.143. The number of hydrogen-bond acceptors (Lipinski definition) is 5. The first kappa shape index (κ1) is 19.0. The fourth-order valence-corrected chi connectivity index (χ4v) is 2.55. The molecule has 3 rings (SSSR count). The smallest absolute Gasteiger partial charge is 0.345 e. The first-order chi connectivity index (χ1) is 13.4. The first-order valence-corrected chi connectivity index (χ1v) is 8.65. The molecule has 3 aromatic rings.